The largest absolute Gasteiger partial charge is 0.290 e. The van der Waals surface area contributed by atoms with Crippen molar-refractivity contribution < 1.29 is 51.9 Å². The molecule has 0 bridgehead atoms. The lowest BCUT2D eigenvalue weighted by Crippen LogP contribution is -2.60. The molecule has 0 spiro atoms. The van der Waals surface area contributed by atoms with Gasteiger partial charge in [0.1, 0.15) is 0 Å². The maximum Gasteiger partial charge on any atom is 0.290 e. The Morgan fingerprint density at radius 3 is 1.27 bits per heavy atom. The van der Waals surface area contributed by atoms with Gasteiger partial charge in [0.2, 0.25) is 0 Å². The number of unbranched alkanes of at least 4 members (excludes halogenated alkanes) is 1. The fourth-order valence-corrected chi connectivity index (χ4v) is 9.43. The first kappa shape index (κ1) is 21.6. The van der Waals surface area contributed by atoms with Gasteiger partial charge in [-0.1, -0.05) is 19.8 Å². The maximum absolute atomic E-state index is 11.4. The molecule has 0 radical (unpaired) electrons. The van der Waals surface area contributed by atoms with Crippen LogP contribution in [0.5, 0.6) is 0 Å². The van der Waals surface area contributed by atoms with Crippen molar-refractivity contribution in [1.82, 2.24) is 0 Å². The fraction of sp³-hybridized carbons (Fsp3) is 1.00. The molecular formula is C6H14O12S4. The summed E-state index contributed by atoms with van der Waals surface area (Å²) in [6.07, 6.45) is -1.94. The molecule has 0 fully saturated rings. The molecule has 0 aliphatic heterocycles. The van der Waals surface area contributed by atoms with Crippen molar-refractivity contribution in [1.29, 1.82) is 0 Å². The molecule has 0 aliphatic rings. The van der Waals surface area contributed by atoms with Crippen LogP contribution >= 0.6 is 0 Å². The second-order valence-electron chi connectivity index (χ2n) is 4.23. The van der Waals surface area contributed by atoms with Crippen molar-refractivity contribution in [3.8, 4) is 0 Å². The SMILES string of the molecule is CCCCC(C(S(=O)(=O)O)S(=O)(=O)O)(S(=O)(=O)O)S(=O)(=O)O. The number of hydrogen-bond acceptors (Lipinski definition) is 8. The van der Waals surface area contributed by atoms with Crippen molar-refractivity contribution in [2.24, 2.45) is 0 Å². The van der Waals surface area contributed by atoms with Gasteiger partial charge in [-0.3, -0.25) is 18.2 Å². The first-order valence-corrected chi connectivity index (χ1v) is 11.2. The molecule has 0 unspecified atom stereocenters. The molecule has 0 aromatic carbocycles. The highest BCUT2D eigenvalue weighted by atomic mass is 32.3. The topological polar surface area (TPSA) is 217 Å². The third kappa shape index (κ3) is 4.13. The van der Waals surface area contributed by atoms with E-state index < -0.39 is 62.0 Å². The van der Waals surface area contributed by atoms with Gasteiger partial charge in [0, 0.05) is 0 Å². The maximum atomic E-state index is 11.4. The van der Waals surface area contributed by atoms with Crippen LogP contribution in [0.1, 0.15) is 26.2 Å². The lowest BCUT2D eigenvalue weighted by atomic mass is 10.2. The van der Waals surface area contributed by atoms with Gasteiger partial charge in [0.05, 0.1) is 0 Å². The summed E-state index contributed by atoms with van der Waals surface area (Å²) in [5.74, 6) is 0. The normalized spacial score (nSPS) is 15.2. The highest BCUT2D eigenvalue weighted by Gasteiger charge is 2.69. The Kier molecular flexibility index (Phi) is 6.17. The van der Waals surface area contributed by atoms with E-state index in [0.29, 0.717) is 0 Å². The van der Waals surface area contributed by atoms with Crippen LogP contribution in [0.3, 0.4) is 0 Å². The molecule has 0 aromatic heterocycles. The summed E-state index contributed by atoms with van der Waals surface area (Å²) in [6, 6.07) is 0. The van der Waals surface area contributed by atoms with E-state index >= 15 is 0 Å². The van der Waals surface area contributed by atoms with E-state index in [1.165, 1.54) is 6.92 Å². The molecule has 22 heavy (non-hydrogen) atoms. The Hall–Kier alpha value is -0.360. The third-order valence-corrected chi connectivity index (χ3v) is 10.5. The third-order valence-electron chi connectivity index (χ3n) is 2.65. The predicted molar refractivity (Wildman–Crippen MR) is 72.2 cm³/mol. The molecule has 0 aromatic rings. The van der Waals surface area contributed by atoms with Gasteiger partial charge in [-0.2, -0.15) is 33.7 Å². The van der Waals surface area contributed by atoms with Crippen LogP contribution < -0.4 is 0 Å². The van der Waals surface area contributed by atoms with Gasteiger partial charge in [0.25, 0.3) is 49.1 Å². The molecular weight excluding hydrogens is 392 g/mol. The first-order valence-electron chi connectivity index (χ1n) is 5.29. The standard InChI is InChI=1S/C6H14O12S4/c1-2-3-4-6(21(13,14)15,22(16,17)18)5(19(7,8)9)20(10,11)12/h5H,2-4H2,1H3,(H,7,8,9)(H,10,11,12)(H,13,14,15)(H,16,17,18). The monoisotopic (exact) mass is 406 g/mol. The molecule has 12 nitrogen and oxygen atoms in total. The van der Waals surface area contributed by atoms with Gasteiger partial charge in [0.15, 0.2) is 0 Å². The summed E-state index contributed by atoms with van der Waals surface area (Å²) in [6.45, 7) is 1.36. The number of hydrogen-bond donors (Lipinski definition) is 4. The molecule has 0 atom stereocenters. The molecule has 0 aliphatic carbocycles. The Morgan fingerprint density at radius 2 is 1.09 bits per heavy atom. The van der Waals surface area contributed by atoms with E-state index in [1.807, 2.05) is 0 Å². The van der Waals surface area contributed by atoms with Crippen LogP contribution in [-0.2, 0) is 40.5 Å². The van der Waals surface area contributed by atoms with Crippen LogP contribution in [0.4, 0.5) is 0 Å². The van der Waals surface area contributed by atoms with Crippen LogP contribution in [0.15, 0.2) is 0 Å². The summed E-state index contributed by atoms with van der Waals surface area (Å²) in [7, 11) is -24.5. The van der Waals surface area contributed by atoms with E-state index in [-0.39, 0.29) is 6.42 Å². The second-order valence-corrected chi connectivity index (χ2v) is 11.1. The van der Waals surface area contributed by atoms with Crippen molar-refractivity contribution in [2.75, 3.05) is 0 Å². The number of rotatable bonds is 8. The van der Waals surface area contributed by atoms with Gasteiger partial charge in [-0.25, -0.2) is 0 Å². The van der Waals surface area contributed by atoms with Crippen LogP contribution in [-0.4, -0.2) is 60.5 Å². The highest BCUT2D eigenvalue weighted by Crippen LogP contribution is 2.38. The fourth-order valence-electron chi connectivity index (χ4n) is 1.78. The van der Waals surface area contributed by atoms with Gasteiger partial charge in [-0.05, 0) is 6.42 Å². The summed E-state index contributed by atoms with van der Waals surface area (Å²) in [5.41, 5.74) is 0. The van der Waals surface area contributed by atoms with E-state index in [4.69, 9.17) is 18.2 Å². The van der Waals surface area contributed by atoms with E-state index in [0.717, 1.165) is 0 Å². The predicted octanol–water partition coefficient (Wildman–Crippen LogP) is -1.25. The molecule has 0 saturated heterocycles. The first-order chi connectivity index (χ1) is 9.43. The average Bonchev–Trinajstić information content (AvgIpc) is 2.16. The van der Waals surface area contributed by atoms with Gasteiger partial charge >= 0.3 is 0 Å². The molecule has 0 saturated carbocycles. The summed E-state index contributed by atoms with van der Waals surface area (Å²) in [5, 5.41) is 0. The minimum atomic E-state index is -6.14. The molecule has 134 valence electrons. The van der Waals surface area contributed by atoms with Crippen molar-refractivity contribution >= 4 is 40.5 Å². The zero-order chi connectivity index (χ0) is 18.2. The smallest absolute Gasteiger partial charge is 0.284 e. The van der Waals surface area contributed by atoms with E-state index in [9.17, 15) is 33.7 Å². The summed E-state index contributed by atoms with van der Waals surface area (Å²) in [4.78, 5) is 0. The van der Waals surface area contributed by atoms with Crippen molar-refractivity contribution in [3.63, 3.8) is 0 Å². The average molecular weight is 406 g/mol. The Morgan fingerprint density at radius 1 is 0.773 bits per heavy atom. The summed E-state index contributed by atoms with van der Waals surface area (Å²) >= 11 is 0. The molecule has 0 rings (SSSR count). The lowest BCUT2D eigenvalue weighted by molar-refractivity contribution is 0.388. The minimum Gasteiger partial charge on any atom is -0.284 e. The zero-order valence-electron chi connectivity index (χ0n) is 10.9. The lowest BCUT2D eigenvalue weighted by Gasteiger charge is -2.31. The van der Waals surface area contributed by atoms with Crippen LogP contribution in [0, 0.1) is 0 Å². The quantitative estimate of drug-likeness (QED) is 0.347. The Balaban J connectivity index is 7.18. The molecule has 4 N–H and O–H groups in total. The van der Waals surface area contributed by atoms with Gasteiger partial charge in [-0.15, -0.1) is 0 Å². The molecule has 0 heterocycles. The molecule has 16 heteroatoms. The van der Waals surface area contributed by atoms with Crippen LogP contribution in [0.2, 0.25) is 0 Å². The van der Waals surface area contributed by atoms with Crippen LogP contribution in [0.25, 0.3) is 0 Å². The zero-order valence-corrected chi connectivity index (χ0v) is 14.2. The van der Waals surface area contributed by atoms with E-state index in [1.54, 1.807) is 0 Å². The Labute approximate surface area is 127 Å². The van der Waals surface area contributed by atoms with E-state index in [2.05, 4.69) is 0 Å². The second kappa shape index (κ2) is 6.27. The highest BCUT2D eigenvalue weighted by molar-refractivity contribution is 8.11. The van der Waals surface area contributed by atoms with Crippen molar-refractivity contribution in [2.45, 2.75) is 34.8 Å². The molecule has 0 amide bonds. The van der Waals surface area contributed by atoms with Crippen molar-refractivity contribution in [3.05, 3.63) is 0 Å². The minimum absolute atomic E-state index is 0.0174. The van der Waals surface area contributed by atoms with Gasteiger partial charge < -0.3 is 0 Å². The summed E-state index contributed by atoms with van der Waals surface area (Å²) < 4.78 is 118. The Bertz CT molecular complexity index is 750.